The molecule has 28 heavy (non-hydrogen) atoms. The van der Waals surface area contributed by atoms with E-state index in [-0.39, 0.29) is 5.91 Å². The average Bonchev–Trinajstić information content (AvgIpc) is 3.22. The van der Waals surface area contributed by atoms with Gasteiger partial charge in [-0.2, -0.15) is 5.10 Å². The second kappa shape index (κ2) is 8.47. The number of anilines is 1. The van der Waals surface area contributed by atoms with E-state index < -0.39 is 5.25 Å². The quantitative estimate of drug-likeness (QED) is 0.604. The first-order valence-electron chi connectivity index (χ1n) is 8.93. The molecule has 0 bridgehead atoms. The van der Waals surface area contributed by atoms with Gasteiger partial charge in [-0.25, -0.2) is 0 Å². The minimum Gasteiger partial charge on any atom is -0.494 e. The molecule has 1 atom stereocenters. The van der Waals surface area contributed by atoms with Crippen molar-refractivity contribution in [3.63, 3.8) is 0 Å². The molecule has 3 aromatic rings. The van der Waals surface area contributed by atoms with Crippen LogP contribution >= 0.6 is 11.8 Å². The number of nitrogens with zero attached hydrogens (tertiary/aromatic N) is 4. The predicted octanol–water partition coefficient (Wildman–Crippen LogP) is 3.60. The van der Waals surface area contributed by atoms with Gasteiger partial charge in [0.25, 0.3) is 5.22 Å². The first kappa shape index (κ1) is 19.9. The first-order chi connectivity index (χ1) is 13.4. The highest BCUT2D eigenvalue weighted by molar-refractivity contribution is 8.00. The van der Waals surface area contributed by atoms with Crippen LogP contribution in [0.2, 0.25) is 0 Å². The summed E-state index contributed by atoms with van der Waals surface area (Å²) in [5, 5.41) is 15.3. The third-order valence-corrected chi connectivity index (χ3v) is 5.16. The SMILES string of the molecule is CCOc1ccc(-c2nnc(S[C@@H](C)C(=O)Nc3c(C)nn(C)c3C)o2)cc1. The Morgan fingerprint density at radius 1 is 1.29 bits per heavy atom. The van der Waals surface area contributed by atoms with E-state index in [1.807, 2.05) is 52.1 Å². The highest BCUT2D eigenvalue weighted by Crippen LogP contribution is 2.28. The van der Waals surface area contributed by atoms with E-state index in [2.05, 4.69) is 20.6 Å². The zero-order chi connectivity index (χ0) is 20.3. The normalized spacial score (nSPS) is 12.0. The lowest BCUT2D eigenvalue weighted by atomic mass is 10.2. The number of aryl methyl sites for hydroxylation is 2. The Labute approximate surface area is 167 Å². The van der Waals surface area contributed by atoms with Crippen LogP contribution in [0.4, 0.5) is 5.69 Å². The van der Waals surface area contributed by atoms with Gasteiger partial charge in [-0.15, -0.1) is 10.2 Å². The molecule has 9 heteroatoms. The van der Waals surface area contributed by atoms with E-state index in [1.54, 1.807) is 11.6 Å². The number of rotatable bonds is 7. The fraction of sp³-hybridized carbons (Fsp3) is 0.368. The van der Waals surface area contributed by atoms with Crippen molar-refractivity contribution in [2.24, 2.45) is 7.05 Å². The van der Waals surface area contributed by atoms with Gasteiger partial charge in [0.05, 0.1) is 28.9 Å². The molecule has 0 saturated carbocycles. The molecule has 1 amide bonds. The largest absolute Gasteiger partial charge is 0.494 e. The molecule has 148 valence electrons. The summed E-state index contributed by atoms with van der Waals surface area (Å²) >= 11 is 1.21. The van der Waals surface area contributed by atoms with Gasteiger partial charge in [0.2, 0.25) is 11.8 Å². The molecule has 0 unspecified atom stereocenters. The molecule has 0 aliphatic rings. The number of aromatic nitrogens is 4. The summed E-state index contributed by atoms with van der Waals surface area (Å²) in [5.74, 6) is 1.04. The van der Waals surface area contributed by atoms with Gasteiger partial charge in [0.1, 0.15) is 5.75 Å². The second-order valence-electron chi connectivity index (χ2n) is 6.25. The molecule has 0 spiro atoms. The fourth-order valence-electron chi connectivity index (χ4n) is 2.62. The molecule has 0 saturated heterocycles. The highest BCUT2D eigenvalue weighted by Gasteiger charge is 2.21. The zero-order valence-electron chi connectivity index (χ0n) is 16.5. The van der Waals surface area contributed by atoms with E-state index in [1.165, 1.54) is 11.8 Å². The molecule has 3 rings (SSSR count). The van der Waals surface area contributed by atoms with Crippen molar-refractivity contribution < 1.29 is 13.9 Å². The summed E-state index contributed by atoms with van der Waals surface area (Å²) in [4.78, 5) is 12.5. The molecule has 2 heterocycles. The Bertz CT molecular complexity index is 965. The molecule has 1 N–H and O–H groups in total. The van der Waals surface area contributed by atoms with E-state index in [9.17, 15) is 4.79 Å². The summed E-state index contributed by atoms with van der Waals surface area (Å²) in [7, 11) is 1.84. The van der Waals surface area contributed by atoms with Crippen LogP contribution in [0.3, 0.4) is 0 Å². The van der Waals surface area contributed by atoms with Crippen LogP contribution in [0.25, 0.3) is 11.5 Å². The minimum atomic E-state index is -0.410. The van der Waals surface area contributed by atoms with Crippen LogP contribution in [0.5, 0.6) is 5.75 Å². The van der Waals surface area contributed by atoms with Gasteiger partial charge in [-0.1, -0.05) is 11.8 Å². The molecule has 0 fully saturated rings. The molecule has 2 aromatic heterocycles. The molecular weight excluding hydrogens is 378 g/mol. The molecule has 8 nitrogen and oxygen atoms in total. The van der Waals surface area contributed by atoms with Crippen LogP contribution in [0.15, 0.2) is 33.9 Å². The van der Waals surface area contributed by atoms with Crippen LogP contribution in [-0.2, 0) is 11.8 Å². The zero-order valence-corrected chi connectivity index (χ0v) is 17.3. The molecule has 1 aromatic carbocycles. The number of amides is 1. The van der Waals surface area contributed by atoms with Crippen molar-refractivity contribution in [3.05, 3.63) is 35.7 Å². The van der Waals surface area contributed by atoms with Crippen LogP contribution in [0, 0.1) is 13.8 Å². The van der Waals surface area contributed by atoms with Crippen molar-refractivity contribution in [2.75, 3.05) is 11.9 Å². The number of carbonyl (C=O) groups is 1. The number of carbonyl (C=O) groups excluding carboxylic acids is 1. The lowest BCUT2D eigenvalue weighted by Crippen LogP contribution is -2.23. The Morgan fingerprint density at radius 2 is 2.00 bits per heavy atom. The number of hydrogen-bond acceptors (Lipinski definition) is 7. The van der Waals surface area contributed by atoms with Crippen molar-refractivity contribution in [2.45, 2.75) is 38.2 Å². The average molecular weight is 401 g/mol. The van der Waals surface area contributed by atoms with Crippen molar-refractivity contribution in [3.8, 4) is 17.2 Å². The number of thioether (sulfide) groups is 1. The smallest absolute Gasteiger partial charge is 0.277 e. The summed E-state index contributed by atoms with van der Waals surface area (Å²) < 4.78 is 12.9. The lowest BCUT2D eigenvalue weighted by Gasteiger charge is -2.10. The standard InChI is InChI=1S/C19H23N5O3S/c1-6-26-15-9-7-14(8-10-15)18-21-22-19(27-18)28-13(4)17(25)20-16-11(2)23-24(5)12(16)3/h7-10,13H,6H2,1-5H3,(H,20,25)/t13-/m0/s1. The van der Waals surface area contributed by atoms with Gasteiger partial charge in [0.15, 0.2) is 0 Å². The summed E-state index contributed by atoms with van der Waals surface area (Å²) in [6, 6.07) is 7.42. The third kappa shape index (κ3) is 4.36. The topological polar surface area (TPSA) is 95.1 Å². The predicted molar refractivity (Wildman–Crippen MR) is 108 cm³/mol. The maximum absolute atomic E-state index is 12.5. The van der Waals surface area contributed by atoms with Gasteiger partial charge >= 0.3 is 0 Å². The fourth-order valence-corrected chi connectivity index (χ4v) is 3.30. The number of benzene rings is 1. The Hall–Kier alpha value is -2.81. The second-order valence-corrected chi connectivity index (χ2v) is 7.54. The molecular formula is C19H23N5O3S. The van der Waals surface area contributed by atoms with E-state index in [0.717, 1.165) is 28.4 Å². The lowest BCUT2D eigenvalue weighted by molar-refractivity contribution is -0.115. The molecule has 0 radical (unpaired) electrons. The van der Waals surface area contributed by atoms with Gasteiger partial charge in [-0.3, -0.25) is 9.48 Å². The van der Waals surface area contributed by atoms with Gasteiger partial charge in [-0.05, 0) is 52.0 Å². The van der Waals surface area contributed by atoms with E-state index in [0.29, 0.717) is 17.7 Å². The number of nitrogens with one attached hydrogen (secondary N) is 1. The van der Waals surface area contributed by atoms with Crippen molar-refractivity contribution in [1.29, 1.82) is 0 Å². The van der Waals surface area contributed by atoms with Gasteiger partial charge < -0.3 is 14.5 Å². The number of ether oxygens (including phenoxy) is 1. The van der Waals surface area contributed by atoms with Crippen LogP contribution in [0.1, 0.15) is 25.2 Å². The minimum absolute atomic E-state index is 0.148. The van der Waals surface area contributed by atoms with Crippen LogP contribution in [-0.4, -0.2) is 37.7 Å². The Morgan fingerprint density at radius 3 is 2.61 bits per heavy atom. The monoisotopic (exact) mass is 401 g/mol. The van der Waals surface area contributed by atoms with Gasteiger partial charge in [0, 0.05) is 12.6 Å². The Balaban J connectivity index is 1.64. The van der Waals surface area contributed by atoms with Crippen molar-refractivity contribution in [1.82, 2.24) is 20.0 Å². The van der Waals surface area contributed by atoms with Crippen molar-refractivity contribution >= 4 is 23.4 Å². The maximum atomic E-state index is 12.5. The van der Waals surface area contributed by atoms with E-state index >= 15 is 0 Å². The highest BCUT2D eigenvalue weighted by atomic mass is 32.2. The molecule has 0 aliphatic heterocycles. The molecule has 0 aliphatic carbocycles. The summed E-state index contributed by atoms with van der Waals surface area (Å²) in [6.07, 6.45) is 0. The number of hydrogen-bond donors (Lipinski definition) is 1. The first-order valence-corrected chi connectivity index (χ1v) is 9.81. The summed E-state index contributed by atoms with van der Waals surface area (Å²) in [5.41, 5.74) is 3.21. The van der Waals surface area contributed by atoms with E-state index in [4.69, 9.17) is 9.15 Å². The maximum Gasteiger partial charge on any atom is 0.277 e. The summed E-state index contributed by atoms with van der Waals surface area (Å²) in [6.45, 7) is 8.11. The third-order valence-electron chi connectivity index (χ3n) is 4.22. The Kier molecular flexibility index (Phi) is 6.03. The van der Waals surface area contributed by atoms with Crippen LogP contribution < -0.4 is 10.1 Å².